The van der Waals surface area contributed by atoms with Crippen LogP contribution in [0.25, 0.3) is 0 Å². The predicted octanol–water partition coefficient (Wildman–Crippen LogP) is -0.628. The van der Waals surface area contributed by atoms with Crippen LogP contribution in [0.3, 0.4) is 0 Å². The van der Waals surface area contributed by atoms with Crippen molar-refractivity contribution in [1.29, 1.82) is 0 Å². The van der Waals surface area contributed by atoms with Crippen LogP contribution in [-0.2, 0) is 14.3 Å². The number of carbonyl (C=O) groups is 3. The predicted molar refractivity (Wildman–Crippen MR) is 52.8 cm³/mol. The van der Waals surface area contributed by atoms with Crippen LogP contribution in [0.5, 0.6) is 0 Å². The highest BCUT2D eigenvalue weighted by Crippen LogP contribution is 2.02. The van der Waals surface area contributed by atoms with Crippen molar-refractivity contribution in [2.45, 2.75) is 6.92 Å². The average Bonchev–Trinajstić information content (AvgIpc) is 2.26. The molecule has 0 saturated carbocycles. The molecule has 0 bridgehead atoms. The highest BCUT2D eigenvalue weighted by Gasteiger charge is 2.23. The van der Waals surface area contributed by atoms with Crippen LogP contribution in [0.1, 0.15) is 6.92 Å². The standard InChI is InChI=1S/C9H14N2O5/c1-7(12)16-6-8(13)10-2-4-11(5-3-10)9(14)15/h2-6H2,1H3,(H,14,15). The summed E-state index contributed by atoms with van der Waals surface area (Å²) in [4.78, 5) is 35.3. The van der Waals surface area contributed by atoms with Crippen LogP contribution >= 0.6 is 0 Å². The number of piperazine rings is 1. The van der Waals surface area contributed by atoms with E-state index in [1.165, 1.54) is 16.7 Å². The zero-order valence-electron chi connectivity index (χ0n) is 9.01. The summed E-state index contributed by atoms with van der Waals surface area (Å²) >= 11 is 0. The lowest BCUT2D eigenvalue weighted by molar-refractivity contribution is -0.150. The number of ether oxygens (including phenoxy) is 1. The van der Waals surface area contributed by atoms with Crippen molar-refractivity contribution in [3.63, 3.8) is 0 Å². The minimum Gasteiger partial charge on any atom is -0.465 e. The van der Waals surface area contributed by atoms with Gasteiger partial charge < -0.3 is 19.6 Å². The highest BCUT2D eigenvalue weighted by atomic mass is 16.5. The van der Waals surface area contributed by atoms with Gasteiger partial charge in [0.1, 0.15) is 0 Å². The molecule has 16 heavy (non-hydrogen) atoms. The quantitative estimate of drug-likeness (QED) is 0.638. The van der Waals surface area contributed by atoms with Crippen molar-refractivity contribution in [3.05, 3.63) is 0 Å². The van der Waals surface area contributed by atoms with Crippen molar-refractivity contribution >= 4 is 18.0 Å². The van der Waals surface area contributed by atoms with Gasteiger partial charge in [-0.3, -0.25) is 9.59 Å². The van der Waals surface area contributed by atoms with E-state index in [0.29, 0.717) is 26.2 Å². The Labute approximate surface area is 92.6 Å². The van der Waals surface area contributed by atoms with E-state index in [2.05, 4.69) is 4.74 Å². The van der Waals surface area contributed by atoms with Crippen molar-refractivity contribution in [2.75, 3.05) is 32.8 Å². The summed E-state index contributed by atoms with van der Waals surface area (Å²) in [7, 11) is 0. The van der Waals surface area contributed by atoms with Crippen molar-refractivity contribution in [2.24, 2.45) is 0 Å². The second kappa shape index (κ2) is 5.34. The fourth-order valence-corrected chi connectivity index (χ4v) is 1.40. The van der Waals surface area contributed by atoms with Gasteiger partial charge in [-0.1, -0.05) is 0 Å². The van der Waals surface area contributed by atoms with E-state index in [4.69, 9.17) is 5.11 Å². The van der Waals surface area contributed by atoms with Crippen LogP contribution in [0.2, 0.25) is 0 Å². The number of carbonyl (C=O) groups excluding carboxylic acids is 2. The summed E-state index contributed by atoms with van der Waals surface area (Å²) in [5.41, 5.74) is 0. The van der Waals surface area contributed by atoms with Gasteiger partial charge in [0.15, 0.2) is 6.61 Å². The summed E-state index contributed by atoms with van der Waals surface area (Å²) < 4.78 is 4.57. The van der Waals surface area contributed by atoms with E-state index < -0.39 is 12.1 Å². The molecule has 0 unspecified atom stereocenters. The van der Waals surface area contributed by atoms with Crippen LogP contribution in [0.4, 0.5) is 4.79 Å². The topological polar surface area (TPSA) is 87.2 Å². The number of amides is 2. The summed E-state index contributed by atoms with van der Waals surface area (Å²) in [6.07, 6.45) is -0.980. The first-order valence-corrected chi connectivity index (χ1v) is 4.89. The fourth-order valence-electron chi connectivity index (χ4n) is 1.40. The van der Waals surface area contributed by atoms with Crippen molar-refractivity contribution in [1.82, 2.24) is 9.80 Å². The second-order valence-corrected chi connectivity index (χ2v) is 3.43. The molecule has 1 N–H and O–H groups in total. The van der Waals surface area contributed by atoms with Crippen LogP contribution in [0.15, 0.2) is 0 Å². The van der Waals surface area contributed by atoms with E-state index in [9.17, 15) is 14.4 Å². The highest BCUT2D eigenvalue weighted by molar-refractivity contribution is 5.80. The molecule has 0 aromatic heterocycles. The largest absolute Gasteiger partial charge is 0.465 e. The van der Waals surface area contributed by atoms with Gasteiger partial charge >= 0.3 is 12.1 Å². The fraction of sp³-hybridized carbons (Fsp3) is 0.667. The second-order valence-electron chi connectivity index (χ2n) is 3.43. The Morgan fingerprint density at radius 3 is 2.06 bits per heavy atom. The molecule has 0 aliphatic carbocycles. The Kier molecular flexibility index (Phi) is 4.10. The van der Waals surface area contributed by atoms with Gasteiger partial charge in [-0.15, -0.1) is 0 Å². The zero-order valence-corrected chi connectivity index (χ0v) is 9.01. The molecule has 1 fully saturated rings. The molecule has 1 aliphatic rings. The number of rotatable bonds is 2. The number of esters is 1. The van der Waals surface area contributed by atoms with Gasteiger partial charge in [0, 0.05) is 33.1 Å². The maximum absolute atomic E-state index is 11.5. The van der Waals surface area contributed by atoms with Crippen molar-refractivity contribution in [3.8, 4) is 0 Å². The Hall–Kier alpha value is -1.79. The van der Waals surface area contributed by atoms with Gasteiger partial charge in [0.05, 0.1) is 0 Å². The Morgan fingerprint density at radius 1 is 1.12 bits per heavy atom. The molecule has 0 aromatic carbocycles. The molecule has 90 valence electrons. The lowest BCUT2D eigenvalue weighted by Gasteiger charge is -2.32. The molecule has 7 nitrogen and oxygen atoms in total. The number of hydrogen-bond acceptors (Lipinski definition) is 4. The molecule has 1 aliphatic heterocycles. The Balaban J connectivity index is 2.33. The first-order valence-electron chi connectivity index (χ1n) is 4.89. The minimum atomic E-state index is -0.980. The van der Waals surface area contributed by atoms with Crippen LogP contribution < -0.4 is 0 Å². The number of hydrogen-bond donors (Lipinski definition) is 1. The van der Waals surface area contributed by atoms with Gasteiger partial charge in [0.2, 0.25) is 0 Å². The summed E-state index contributed by atoms with van der Waals surface area (Å²) in [6, 6.07) is 0. The average molecular weight is 230 g/mol. The van der Waals surface area contributed by atoms with Crippen LogP contribution in [-0.4, -0.2) is 65.7 Å². The van der Waals surface area contributed by atoms with Gasteiger partial charge in [-0.2, -0.15) is 0 Å². The Morgan fingerprint density at radius 2 is 1.62 bits per heavy atom. The van der Waals surface area contributed by atoms with E-state index in [1.807, 2.05) is 0 Å². The molecule has 0 aromatic rings. The van der Waals surface area contributed by atoms with Gasteiger partial charge in [0.25, 0.3) is 5.91 Å². The van der Waals surface area contributed by atoms with E-state index in [1.54, 1.807) is 0 Å². The molecule has 1 rings (SSSR count). The molecule has 7 heteroatoms. The molecule has 1 heterocycles. The van der Waals surface area contributed by atoms with E-state index in [-0.39, 0.29) is 12.5 Å². The molecular formula is C9H14N2O5. The maximum atomic E-state index is 11.5. The van der Waals surface area contributed by atoms with Crippen molar-refractivity contribution < 1.29 is 24.2 Å². The maximum Gasteiger partial charge on any atom is 0.407 e. The minimum absolute atomic E-state index is 0.275. The lowest BCUT2D eigenvalue weighted by atomic mass is 10.3. The summed E-state index contributed by atoms with van der Waals surface area (Å²) in [5.74, 6) is -0.794. The molecule has 0 atom stereocenters. The van der Waals surface area contributed by atoms with Crippen LogP contribution in [0, 0.1) is 0 Å². The SMILES string of the molecule is CC(=O)OCC(=O)N1CCN(C(=O)O)CC1. The third-order valence-corrected chi connectivity index (χ3v) is 2.30. The summed E-state index contributed by atoms with van der Waals surface area (Å²) in [5, 5.41) is 8.69. The third kappa shape index (κ3) is 3.41. The number of nitrogens with zero attached hydrogens (tertiary/aromatic N) is 2. The van der Waals surface area contributed by atoms with Gasteiger partial charge in [-0.25, -0.2) is 4.79 Å². The van der Waals surface area contributed by atoms with Gasteiger partial charge in [-0.05, 0) is 0 Å². The number of carboxylic acid groups (broad SMARTS) is 1. The molecular weight excluding hydrogens is 216 g/mol. The molecule has 0 spiro atoms. The third-order valence-electron chi connectivity index (χ3n) is 2.30. The molecule has 2 amide bonds. The first kappa shape index (κ1) is 12.3. The Bertz CT molecular complexity index is 296. The summed E-state index contributed by atoms with van der Waals surface area (Å²) in [6.45, 7) is 2.22. The lowest BCUT2D eigenvalue weighted by Crippen LogP contribution is -2.51. The van der Waals surface area contributed by atoms with E-state index in [0.717, 1.165) is 0 Å². The van der Waals surface area contributed by atoms with E-state index >= 15 is 0 Å². The normalized spacial score (nSPS) is 15.8. The molecule has 0 radical (unpaired) electrons. The molecule has 1 saturated heterocycles. The first-order chi connectivity index (χ1) is 7.50. The zero-order chi connectivity index (χ0) is 12.1. The smallest absolute Gasteiger partial charge is 0.407 e. The monoisotopic (exact) mass is 230 g/mol.